The predicted molar refractivity (Wildman–Crippen MR) is 80.2 cm³/mol. The molecule has 2 atom stereocenters. The Morgan fingerprint density at radius 1 is 1.14 bits per heavy atom. The molecule has 0 radical (unpaired) electrons. The summed E-state index contributed by atoms with van der Waals surface area (Å²) in [6.07, 6.45) is 3.31. The van der Waals surface area contributed by atoms with Crippen LogP contribution in [0.2, 0.25) is 0 Å². The van der Waals surface area contributed by atoms with E-state index in [0.29, 0.717) is 24.1 Å². The van der Waals surface area contributed by atoms with Crippen molar-refractivity contribution >= 4 is 23.5 Å². The van der Waals surface area contributed by atoms with E-state index in [1.807, 2.05) is 13.0 Å². The molecule has 1 aromatic rings. The van der Waals surface area contributed by atoms with Gasteiger partial charge in [0, 0.05) is 0 Å². The van der Waals surface area contributed by atoms with Crippen molar-refractivity contribution in [3.63, 3.8) is 0 Å². The molecule has 0 aromatic heterocycles. The van der Waals surface area contributed by atoms with Crippen LogP contribution in [0.3, 0.4) is 0 Å². The summed E-state index contributed by atoms with van der Waals surface area (Å²) in [4.78, 5) is 37.8. The molecule has 0 spiro atoms. The number of methoxy groups -OCH3 is 1. The van der Waals surface area contributed by atoms with Crippen LogP contribution in [0.25, 0.3) is 0 Å². The molecule has 1 aliphatic carbocycles. The van der Waals surface area contributed by atoms with Gasteiger partial charge in [-0.15, -0.1) is 0 Å². The zero-order valence-corrected chi connectivity index (χ0v) is 12.5. The fourth-order valence-corrected chi connectivity index (χ4v) is 3.16. The lowest BCUT2D eigenvalue weighted by molar-refractivity contribution is -0.122. The Kier molecular flexibility index (Phi) is 3.56. The highest BCUT2D eigenvalue weighted by atomic mass is 16.5. The number of fused-ring (bicyclic) bond motifs is 1. The normalized spacial score (nSPS) is 24.1. The lowest BCUT2D eigenvalue weighted by atomic mass is 9.82. The van der Waals surface area contributed by atoms with Crippen LogP contribution >= 0.6 is 0 Å². The fraction of sp³-hybridized carbons (Fsp3) is 0.353. The van der Waals surface area contributed by atoms with Gasteiger partial charge in [0.2, 0.25) is 11.8 Å². The number of carbonyl (C=O) groups is 3. The van der Waals surface area contributed by atoms with E-state index in [4.69, 9.17) is 0 Å². The highest BCUT2D eigenvalue weighted by molar-refractivity contribution is 6.22. The molecule has 5 heteroatoms. The first-order chi connectivity index (χ1) is 10.5. The lowest BCUT2D eigenvalue weighted by Crippen LogP contribution is -2.30. The van der Waals surface area contributed by atoms with Crippen LogP contribution in [-0.4, -0.2) is 24.9 Å². The van der Waals surface area contributed by atoms with Gasteiger partial charge < -0.3 is 4.74 Å². The summed E-state index contributed by atoms with van der Waals surface area (Å²) in [6.45, 7) is 1.99. The number of esters is 1. The highest BCUT2D eigenvalue weighted by Gasteiger charge is 2.48. The van der Waals surface area contributed by atoms with Gasteiger partial charge >= 0.3 is 5.97 Å². The summed E-state index contributed by atoms with van der Waals surface area (Å²) < 4.78 is 4.64. The van der Waals surface area contributed by atoms with Gasteiger partial charge in [-0.3, -0.25) is 14.5 Å². The largest absolute Gasteiger partial charge is 0.465 e. The first-order valence-electron chi connectivity index (χ1n) is 7.24. The minimum Gasteiger partial charge on any atom is -0.465 e. The third-order valence-corrected chi connectivity index (χ3v) is 4.37. The van der Waals surface area contributed by atoms with E-state index in [-0.39, 0.29) is 23.7 Å². The first-order valence-corrected chi connectivity index (χ1v) is 7.24. The second kappa shape index (κ2) is 5.40. The maximum Gasteiger partial charge on any atom is 0.337 e. The molecule has 2 amide bonds. The van der Waals surface area contributed by atoms with Crippen LogP contribution in [-0.2, 0) is 14.3 Å². The third-order valence-electron chi connectivity index (χ3n) is 4.37. The number of rotatable bonds is 2. The van der Waals surface area contributed by atoms with Crippen molar-refractivity contribution < 1.29 is 19.1 Å². The Bertz CT molecular complexity index is 674. The minimum atomic E-state index is -0.445. The summed E-state index contributed by atoms with van der Waals surface area (Å²) in [5, 5.41) is 0. The van der Waals surface area contributed by atoms with Crippen molar-refractivity contribution in [3.05, 3.63) is 41.5 Å². The monoisotopic (exact) mass is 299 g/mol. The molecule has 0 N–H and O–H groups in total. The first kappa shape index (κ1) is 14.5. The van der Waals surface area contributed by atoms with Gasteiger partial charge in [-0.25, -0.2) is 4.79 Å². The quantitative estimate of drug-likeness (QED) is 0.477. The number of carbonyl (C=O) groups excluding carboxylic acids is 3. The molecule has 1 saturated heterocycles. The molecule has 1 aliphatic heterocycles. The number of amides is 2. The molecular formula is C17H17NO4. The van der Waals surface area contributed by atoms with Crippen LogP contribution < -0.4 is 4.90 Å². The molecule has 22 heavy (non-hydrogen) atoms. The van der Waals surface area contributed by atoms with Crippen LogP contribution in [0.4, 0.5) is 5.69 Å². The Morgan fingerprint density at radius 2 is 1.77 bits per heavy atom. The number of imide groups is 1. The molecule has 114 valence electrons. The molecule has 0 saturated carbocycles. The van der Waals surface area contributed by atoms with Crippen molar-refractivity contribution in [2.24, 2.45) is 11.8 Å². The van der Waals surface area contributed by atoms with Crippen LogP contribution in [0.15, 0.2) is 35.9 Å². The Hall–Kier alpha value is -2.43. The number of nitrogens with zero attached hydrogens (tertiary/aromatic N) is 1. The molecular weight excluding hydrogens is 282 g/mol. The van der Waals surface area contributed by atoms with Crippen molar-refractivity contribution in [1.29, 1.82) is 0 Å². The molecule has 1 heterocycles. The summed E-state index contributed by atoms with van der Waals surface area (Å²) in [6, 6.07) is 6.35. The van der Waals surface area contributed by atoms with Crippen molar-refractivity contribution in [2.45, 2.75) is 19.8 Å². The maximum atomic E-state index is 12.6. The van der Waals surface area contributed by atoms with E-state index < -0.39 is 5.97 Å². The van der Waals surface area contributed by atoms with E-state index in [9.17, 15) is 14.4 Å². The van der Waals surface area contributed by atoms with Gasteiger partial charge in [0.15, 0.2) is 0 Å². The Balaban J connectivity index is 1.88. The topological polar surface area (TPSA) is 63.7 Å². The lowest BCUT2D eigenvalue weighted by Gasteiger charge is -2.18. The summed E-state index contributed by atoms with van der Waals surface area (Å²) in [7, 11) is 1.31. The zero-order chi connectivity index (χ0) is 15.9. The zero-order valence-electron chi connectivity index (χ0n) is 12.5. The average Bonchev–Trinajstić information content (AvgIpc) is 2.78. The van der Waals surface area contributed by atoms with E-state index in [1.165, 1.54) is 12.0 Å². The van der Waals surface area contributed by atoms with Crippen molar-refractivity contribution in [3.8, 4) is 0 Å². The third kappa shape index (κ3) is 2.22. The summed E-state index contributed by atoms with van der Waals surface area (Å²) in [5.74, 6) is -1.24. The standard InChI is InChI=1S/C17H17NO4/c1-10-3-8-13-14(9-10)16(20)18(15(13)19)12-6-4-11(5-7-12)17(21)22-2/h3-7,13-14H,8-9H2,1-2H3. The Morgan fingerprint density at radius 3 is 2.41 bits per heavy atom. The van der Waals surface area contributed by atoms with Gasteiger partial charge in [-0.05, 0) is 44.0 Å². The number of benzene rings is 1. The van der Waals surface area contributed by atoms with Gasteiger partial charge in [-0.2, -0.15) is 0 Å². The number of allylic oxidation sites excluding steroid dienone is 2. The fourth-order valence-electron chi connectivity index (χ4n) is 3.16. The van der Waals surface area contributed by atoms with E-state index in [2.05, 4.69) is 4.74 Å². The van der Waals surface area contributed by atoms with Gasteiger partial charge in [-0.1, -0.05) is 11.6 Å². The Labute approximate surface area is 128 Å². The predicted octanol–water partition coefficient (Wildman–Crippen LogP) is 2.32. The van der Waals surface area contributed by atoms with Gasteiger partial charge in [0.25, 0.3) is 0 Å². The van der Waals surface area contributed by atoms with Crippen LogP contribution in [0, 0.1) is 11.8 Å². The van der Waals surface area contributed by atoms with E-state index in [1.54, 1.807) is 24.3 Å². The number of hydrogen-bond donors (Lipinski definition) is 0. The number of hydrogen-bond acceptors (Lipinski definition) is 4. The summed E-state index contributed by atoms with van der Waals surface area (Å²) in [5.41, 5.74) is 2.06. The smallest absolute Gasteiger partial charge is 0.337 e. The van der Waals surface area contributed by atoms with E-state index >= 15 is 0 Å². The van der Waals surface area contributed by atoms with E-state index in [0.717, 1.165) is 5.57 Å². The number of ether oxygens (including phenoxy) is 1. The van der Waals surface area contributed by atoms with Crippen LogP contribution in [0.5, 0.6) is 0 Å². The molecule has 2 aliphatic rings. The molecule has 2 unspecified atom stereocenters. The number of anilines is 1. The van der Waals surface area contributed by atoms with Crippen LogP contribution in [0.1, 0.15) is 30.1 Å². The molecule has 3 rings (SSSR count). The maximum absolute atomic E-state index is 12.6. The molecule has 1 aromatic carbocycles. The average molecular weight is 299 g/mol. The van der Waals surface area contributed by atoms with Gasteiger partial charge in [0.1, 0.15) is 0 Å². The van der Waals surface area contributed by atoms with Crippen molar-refractivity contribution in [1.82, 2.24) is 0 Å². The second-order valence-corrected chi connectivity index (χ2v) is 5.75. The SMILES string of the molecule is COC(=O)c1ccc(N2C(=O)C3CC=C(C)CC3C2=O)cc1. The second-order valence-electron chi connectivity index (χ2n) is 5.75. The minimum absolute atomic E-state index is 0.145. The molecule has 1 fully saturated rings. The highest BCUT2D eigenvalue weighted by Crippen LogP contribution is 2.39. The van der Waals surface area contributed by atoms with Crippen molar-refractivity contribution in [2.75, 3.05) is 12.0 Å². The summed E-state index contributed by atoms with van der Waals surface area (Å²) >= 11 is 0. The molecule has 0 bridgehead atoms. The van der Waals surface area contributed by atoms with Gasteiger partial charge in [0.05, 0.1) is 30.2 Å². The molecule has 5 nitrogen and oxygen atoms in total.